The van der Waals surface area contributed by atoms with Gasteiger partial charge >= 0.3 is 0 Å². The molecule has 0 spiro atoms. The van der Waals surface area contributed by atoms with Crippen LogP contribution in [0.5, 0.6) is 0 Å². The van der Waals surface area contributed by atoms with Crippen molar-refractivity contribution in [2.45, 2.75) is 24.3 Å². The molecular weight excluding hydrogens is 304 g/mol. The molecule has 0 aromatic heterocycles. The summed E-state index contributed by atoms with van der Waals surface area (Å²) in [5.41, 5.74) is 5.94. The van der Waals surface area contributed by atoms with Crippen LogP contribution in [-0.4, -0.2) is 37.8 Å². The Labute approximate surface area is 124 Å². The molecule has 19 heavy (non-hydrogen) atoms. The molecule has 4 nitrogen and oxygen atoms in total. The quantitative estimate of drug-likeness (QED) is 0.818. The van der Waals surface area contributed by atoms with Gasteiger partial charge in [0.05, 0.1) is 10.7 Å². The second kappa shape index (κ2) is 6.83. The second-order valence-electron chi connectivity index (χ2n) is 4.20. The van der Waals surface area contributed by atoms with Crippen molar-refractivity contribution >= 4 is 39.1 Å². The van der Waals surface area contributed by atoms with Gasteiger partial charge in [0.1, 0.15) is 4.90 Å². The van der Waals surface area contributed by atoms with E-state index >= 15 is 0 Å². The van der Waals surface area contributed by atoms with Crippen molar-refractivity contribution in [3.8, 4) is 0 Å². The number of benzene rings is 1. The topological polar surface area (TPSA) is 63.4 Å². The van der Waals surface area contributed by atoms with Gasteiger partial charge in [0.15, 0.2) is 0 Å². The summed E-state index contributed by atoms with van der Waals surface area (Å²) in [6, 6.07) is 4.64. The standard InChI is InChI=1S/C12H19ClN2O2S2/c1-4-9(8-18-3)15(2)19(16,17)12-10(13)6-5-7-11(12)14/h5-7,9H,4,8,14H2,1-3H3. The van der Waals surface area contributed by atoms with E-state index in [0.717, 1.165) is 12.2 Å². The molecule has 1 aromatic carbocycles. The van der Waals surface area contributed by atoms with Gasteiger partial charge in [-0.1, -0.05) is 24.6 Å². The highest BCUT2D eigenvalue weighted by Gasteiger charge is 2.30. The number of anilines is 1. The lowest BCUT2D eigenvalue weighted by Crippen LogP contribution is -2.38. The van der Waals surface area contributed by atoms with Gasteiger partial charge in [0, 0.05) is 18.8 Å². The van der Waals surface area contributed by atoms with Crippen LogP contribution in [0, 0.1) is 0 Å². The zero-order valence-corrected chi connectivity index (χ0v) is 13.6. The van der Waals surface area contributed by atoms with Crippen molar-refractivity contribution in [3.63, 3.8) is 0 Å². The van der Waals surface area contributed by atoms with E-state index in [9.17, 15) is 8.42 Å². The van der Waals surface area contributed by atoms with Gasteiger partial charge in [0.2, 0.25) is 10.0 Å². The Kier molecular flexibility index (Phi) is 5.98. The molecule has 0 saturated carbocycles. The molecule has 0 aliphatic carbocycles. The highest BCUT2D eigenvalue weighted by Crippen LogP contribution is 2.30. The highest BCUT2D eigenvalue weighted by molar-refractivity contribution is 7.98. The second-order valence-corrected chi connectivity index (χ2v) is 7.45. The van der Waals surface area contributed by atoms with Crippen LogP contribution in [0.1, 0.15) is 13.3 Å². The lowest BCUT2D eigenvalue weighted by molar-refractivity contribution is 0.386. The summed E-state index contributed by atoms with van der Waals surface area (Å²) in [5.74, 6) is 0.733. The molecule has 0 saturated heterocycles. The first-order valence-corrected chi connectivity index (χ1v) is 9.08. The van der Waals surface area contributed by atoms with Gasteiger partial charge in [-0.05, 0) is 24.8 Å². The monoisotopic (exact) mass is 322 g/mol. The van der Waals surface area contributed by atoms with E-state index in [-0.39, 0.29) is 21.6 Å². The van der Waals surface area contributed by atoms with Crippen LogP contribution in [0.2, 0.25) is 5.02 Å². The fourth-order valence-electron chi connectivity index (χ4n) is 1.81. The molecule has 1 atom stereocenters. The van der Waals surface area contributed by atoms with Crippen LogP contribution in [-0.2, 0) is 10.0 Å². The fraction of sp³-hybridized carbons (Fsp3) is 0.500. The first-order valence-electron chi connectivity index (χ1n) is 5.87. The molecule has 1 rings (SSSR count). The van der Waals surface area contributed by atoms with E-state index < -0.39 is 10.0 Å². The summed E-state index contributed by atoms with van der Waals surface area (Å²) >= 11 is 7.60. The molecule has 0 aliphatic rings. The molecule has 2 N–H and O–H groups in total. The molecule has 108 valence electrons. The first-order chi connectivity index (χ1) is 8.86. The minimum atomic E-state index is -3.67. The molecule has 1 aromatic rings. The molecule has 0 heterocycles. The average Bonchev–Trinajstić information content (AvgIpc) is 2.34. The number of sulfonamides is 1. The summed E-state index contributed by atoms with van der Waals surface area (Å²) < 4.78 is 26.6. The van der Waals surface area contributed by atoms with Crippen LogP contribution < -0.4 is 5.73 Å². The van der Waals surface area contributed by atoms with Crippen molar-refractivity contribution in [2.75, 3.05) is 24.8 Å². The van der Waals surface area contributed by atoms with Crippen LogP contribution in [0.4, 0.5) is 5.69 Å². The van der Waals surface area contributed by atoms with E-state index in [4.69, 9.17) is 17.3 Å². The Bertz CT molecular complexity index is 514. The number of thioether (sulfide) groups is 1. The maximum absolute atomic E-state index is 12.6. The Balaban J connectivity index is 3.23. The Morgan fingerprint density at radius 2 is 2.11 bits per heavy atom. The van der Waals surface area contributed by atoms with E-state index in [1.165, 1.54) is 10.4 Å². The van der Waals surface area contributed by atoms with Gasteiger partial charge in [-0.2, -0.15) is 16.1 Å². The van der Waals surface area contributed by atoms with Crippen LogP contribution in [0.3, 0.4) is 0 Å². The molecular formula is C12H19ClN2O2S2. The van der Waals surface area contributed by atoms with E-state index in [0.29, 0.717) is 0 Å². The van der Waals surface area contributed by atoms with Gasteiger partial charge in [-0.25, -0.2) is 8.42 Å². The number of nitrogen functional groups attached to an aromatic ring is 1. The highest BCUT2D eigenvalue weighted by atomic mass is 35.5. The van der Waals surface area contributed by atoms with Gasteiger partial charge in [-0.3, -0.25) is 0 Å². The van der Waals surface area contributed by atoms with Crippen LogP contribution >= 0.6 is 23.4 Å². The number of rotatable bonds is 6. The number of halogens is 1. The van der Waals surface area contributed by atoms with Crippen molar-refractivity contribution in [1.29, 1.82) is 0 Å². The van der Waals surface area contributed by atoms with E-state index in [1.807, 2.05) is 13.2 Å². The molecule has 0 fully saturated rings. The molecule has 0 aliphatic heterocycles. The third-order valence-corrected chi connectivity index (χ3v) is 6.15. The maximum atomic E-state index is 12.6. The fourth-order valence-corrected chi connectivity index (χ4v) is 4.81. The zero-order chi connectivity index (χ0) is 14.6. The van der Waals surface area contributed by atoms with Crippen molar-refractivity contribution < 1.29 is 8.42 Å². The predicted octanol–water partition coefficient (Wildman–Crippen LogP) is 2.68. The van der Waals surface area contributed by atoms with Gasteiger partial charge in [0.25, 0.3) is 0 Å². The molecule has 0 amide bonds. The van der Waals surface area contributed by atoms with Crippen molar-refractivity contribution in [3.05, 3.63) is 23.2 Å². The smallest absolute Gasteiger partial charge is 0.246 e. The number of hydrogen-bond acceptors (Lipinski definition) is 4. The minimum Gasteiger partial charge on any atom is -0.398 e. The summed E-state index contributed by atoms with van der Waals surface area (Å²) in [6.45, 7) is 1.96. The molecule has 0 radical (unpaired) electrons. The SMILES string of the molecule is CCC(CSC)N(C)S(=O)(=O)c1c(N)cccc1Cl. The van der Waals surface area contributed by atoms with Crippen LogP contribution in [0.25, 0.3) is 0 Å². The third-order valence-electron chi connectivity index (χ3n) is 2.98. The number of nitrogens with zero attached hydrogens (tertiary/aromatic N) is 1. The number of nitrogens with two attached hydrogens (primary N) is 1. The first kappa shape index (κ1) is 16.6. The minimum absolute atomic E-state index is 0.00119. The third kappa shape index (κ3) is 3.56. The lowest BCUT2D eigenvalue weighted by atomic mass is 10.3. The summed E-state index contributed by atoms with van der Waals surface area (Å²) in [7, 11) is -2.10. The lowest BCUT2D eigenvalue weighted by Gasteiger charge is -2.26. The van der Waals surface area contributed by atoms with Crippen LogP contribution in [0.15, 0.2) is 23.1 Å². The summed E-state index contributed by atoms with van der Waals surface area (Å²) in [5, 5.41) is 0.158. The Morgan fingerprint density at radius 3 is 2.58 bits per heavy atom. The molecule has 7 heteroatoms. The zero-order valence-electron chi connectivity index (χ0n) is 11.3. The predicted molar refractivity (Wildman–Crippen MR) is 83.3 cm³/mol. The van der Waals surface area contributed by atoms with E-state index in [1.54, 1.807) is 30.9 Å². The number of hydrogen-bond donors (Lipinski definition) is 1. The summed E-state index contributed by atoms with van der Waals surface area (Å²) in [4.78, 5) is -0.00119. The van der Waals surface area contributed by atoms with Gasteiger partial charge < -0.3 is 5.73 Å². The largest absolute Gasteiger partial charge is 0.398 e. The molecule has 0 bridgehead atoms. The Hall–Kier alpha value is -0.430. The average molecular weight is 323 g/mol. The van der Waals surface area contributed by atoms with Crippen molar-refractivity contribution in [1.82, 2.24) is 4.31 Å². The van der Waals surface area contributed by atoms with Crippen molar-refractivity contribution in [2.24, 2.45) is 0 Å². The van der Waals surface area contributed by atoms with Gasteiger partial charge in [-0.15, -0.1) is 0 Å². The summed E-state index contributed by atoms with van der Waals surface area (Å²) in [6.07, 6.45) is 2.69. The Morgan fingerprint density at radius 1 is 1.47 bits per heavy atom. The maximum Gasteiger partial charge on any atom is 0.246 e. The van der Waals surface area contributed by atoms with E-state index in [2.05, 4.69) is 0 Å². The molecule has 1 unspecified atom stereocenters. The normalized spacial score (nSPS) is 13.7.